The van der Waals surface area contributed by atoms with Crippen LogP contribution in [0.1, 0.15) is 39.1 Å². The fraction of sp³-hybridized carbons (Fsp3) is 0.312. The molecule has 0 aliphatic heterocycles. The lowest BCUT2D eigenvalue weighted by atomic mass is 10.2. The van der Waals surface area contributed by atoms with Crippen LogP contribution in [0.25, 0.3) is 0 Å². The van der Waals surface area contributed by atoms with Gasteiger partial charge in [-0.3, -0.25) is 9.59 Å². The molecular weight excluding hydrogens is 328 g/mol. The zero-order valence-corrected chi connectivity index (χ0v) is 14.4. The van der Waals surface area contributed by atoms with Gasteiger partial charge in [0.2, 0.25) is 0 Å². The van der Waals surface area contributed by atoms with Crippen LogP contribution in [0.2, 0.25) is 0 Å². The van der Waals surface area contributed by atoms with Crippen LogP contribution in [0, 0.1) is 0 Å². The van der Waals surface area contributed by atoms with Gasteiger partial charge in [-0.1, -0.05) is 25.1 Å². The van der Waals surface area contributed by atoms with E-state index in [0.29, 0.717) is 12.3 Å². The molecule has 24 heavy (non-hydrogen) atoms. The minimum absolute atomic E-state index is 0.0934. The van der Waals surface area contributed by atoms with Crippen molar-refractivity contribution >= 4 is 29.0 Å². The van der Waals surface area contributed by atoms with E-state index in [-0.39, 0.29) is 34.6 Å². The Balaban J connectivity index is 2.05. The van der Waals surface area contributed by atoms with Crippen molar-refractivity contribution in [3.05, 3.63) is 40.4 Å². The molecule has 0 atom stereocenters. The summed E-state index contributed by atoms with van der Waals surface area (Å²) in [6, 6.07) is 7.39. The quantitative estimate of drug-likeness (QED) is 0.707. The number of benzene rings is 1. The molecule has 2 rings (SSSR count). The van der Waals surface area contributed by atoms with Gasteiger partial charge in [0.25, 0.3) is 11.8 Å². The lowest BCUT2D eigenvalue weighted by Gasteiger charge is -2.09. The van der Waals surface area contributed by atoms with Crippen LogP contribution in [0.4, 0.5) is 5.69 Å². The van der Waals surface area contributed by atoms with Crippen molar-refractivity contribution in [2.75, 3.05) is 19.4 Å². The summed E-state index contributed by atoms with van der Waals surface area (Å²) in [6.45, 7) is 2.77. The predicted octanol–water partition coefficient (Wildman–Crippen LogP) is 1.80. The largest absolute Gasteiger partial charge is 0.496 e. The van der Waals surface area contributed by atoms with E-state index in [4.69, 9.17) is 10.5 Å². The molecule has 0 bridgehead atoms. The van der Waals surface area contributed by atoms with Crippen molar-refractivity contribution in [2.45, 2.75) is 19.9 Å². The third kappa shape index (κ3) is 4.02. The number of aromatic nitrogens is 1. The Labute approximate surface area is 144 Å². The number of ether oxygens (including phenoxy) is 1. The van der Waals surface area contributed by atoms with Gasteiger partial charge in [-0.25, -0.2) is 0 Å². The molecule has 1 heterocycles. The lowest BCUT2D eigenvalue weighted by Crippen LogP contribution is -2.26. The number of nitrogens with one attached hydrogen (secondary N) is 2. The average molecular weight is 348 g/mol. The van der Waals surface area contributed by atoms with Crippen molar-refractivity contribution in [3.63, 3.8) is 0 Å². The molecule has 1 aromatic carbocycles. The van der Waals surface area contributed by atoms with Crippen molar-refractivity contribution < 1.29 is 14.3 Å². The van der Waals surface area contributed by atoms with Gasteiger partial charge < -0.3 is 21.1 Å². The summed E-state index contributed by atoms with van der Waals surface area (Å²) in [6.07, 6.45) is 0.808. The summed E-state index contributed by atoms with van der Waals surface area (Å²) in [7, 11) is 1.57. The smallest absolute Gasteiger partial charge is 0.273 e. The van der Waals surface area contributed by atoms with Gasteiger partial charge in [0.15, 0.2) is 5.69 Å². The first-order valence-corrected chi connectivity index (χ1v) is 8.29. The monoisotopic (exact) mass is 348 g/mol. The van der Waals surface area contributed by atoms with Crippen molar-refractivity contribution in [3.8, 4) is 5.75 Å². The number of nitrogens with two attached hydrogens (primary N) is 1. The highest BCUT2D eigenvalue weighted by molar-refractivity contribution is 7.09. The summed E-state index contributed by atoms with van der Waals surface area (Å²) in [5.74, 6) is -0.0467. The molecule has 7 nitrogen and oxygen atoms in total. The normalized spacial score (nSPS) is 10.2. The Morgan fingerprint density at radius 2 is 2.00 bits per heavy atom. The fourth-order valence-electron chi connectivity index (χ4n) is 2.05. The van der Waals surface area contributed by atoms with E-state index in [2.05, 4.69) is 15.0 Å². The summed E-state index contributed by atoms with van der Waals surface area (Å²) in [5.41, 5.74) is 6.94. The van der Waals surface area contributed by atoms with Crippen LogP contribution in [0.3, 0.4) is 0 Å². The van der Waals surface area contributed by atoms with Crippen LogP contribution < -0.4 is 21.1 Å². The van der Waals surface area contributed by atoms with Crippen LogP contribution in [0.5, 0.6) is 5.75 Å². The highest BCUT2D eigenvalue weighted by atomic mass is 32.1. The number of carbonyl (C=O) groups excluding carboxylic acids is 2. The van der Waals surface area contributed by atoms with Crippen LogP contribution >= 0.6 is 11.5 Å². The maximum Gasteiger partial charge on any atom is 0.273 e. The minimum atomic E-state index is -0.370. The number of hydrogen-bond donors (Lipinski definition) is 3. The Morgan fingerprint density at radius 3 is 2.71 bits per heavy atom. The SMILES string of the molecule is CCCNC(=O)c1nsc(C(=O)NCc2ccccc2OC)c1N. The molecule has 0 aliphatic rings. The second-order valence-corrected chi connectivity index (χ2v) is 5.80. The van der Waals surface area contributed by atoms with Gasteiger partial charge >= 0.3 is 0 Å². The fourth-order valence-corrected chi connectivity index (χ4v) is 2.77. The Bertz CT molecular complexity index is 730. The highest BCUT2D eigenvalue weighted by Crippen LogP contribution is 2.22. The molecule has 0 saturated carbocycles. The van der Waals surface area contributed by atoms with Gasteiger partial charge in [-0.15, -0.1) is 0 Å². The Morgan fingerprint density at radius 1 is 1.25 bits per heavy atom. The summed E-state index contributed by atoms with van der Waals surface area (Å²) in [4.78, 5) is 24.5. The standard InChI is InChI=1S/C16H20N4O3S/c1-3-8-18-15(21)13-12(17)14(24-20-13)16(22)19-9-10-6-4-5-7-11(10)23-2/h4-7H,3,8-9,17H2,1-2H3,(H,18,21)(H,19,22). The summed E-state index contributed by atoms with van der Waals surface area (Å²) in [5, 5.41) is 5.46. The van der Waals surface area contributed by atoms with Gasteiger partial charge in [-0.2, -0.15) is 4.37 Å². The molecule has 0 spiro atoms. The van der Waals surface area contributed by atoms with E-state index in [1.807, 2.05) is 31.2 Å². The molecule has 128 valence electrons. The third-order valence-electron chi connectivity index (χ3n) is 3.32. The minimum Gasteiger partial charge on any atom is -0.496 e. The number of nitrogen functional groups attached to an aromatic ring is 1. The molecule has 4 N–H and O–H groups in total. The molecule has 0 saturated heterocycles. The van der Waals surface area contributed by atoms with E-state index in [9.17, 15) is 9.59 Å². The van der Waals surface area contributed by atoms with E-state index in [0.717, 1.165) is 23.5 Å². The molecule has 1 aromatic heterocycles. The molecular formula is C16H20N4O3S. The maximum absolute atomic E-state index is 12.3. The topological polar surface area (TPSA) is 106 Å². The van der Waals surface area contributed by atoms with Gasteiger partial charge in [-0.05, 0) is 24.0 Å². The maximum atomic E-state index is 12.3. The number of para-hydroxylation sites is 1. The molecule has 0 unspecified atom stereocenters. The number of carbonyl (C=O) groups is 2. The van der Waals surface area contributed by atoms with E-state index >= 15 is 0 Å². The van der Waals surface area contributed by atoms with Crippen LogP contribution in [-0.2, 0) is 6.54 Å². The second kappa shape index (κ2) is 8.30. The van der Waals surface area contributed by atoms with Gasteiger partial charge in [0.1, 0.15) is 10.6 Å². The molecule has 0 fully saturated rings. The predicted molar refractivity (Wildman–Crippen MR) is 93.3 cm³/mol. The van der Waals surface area contributed by atoms with E-state index in [1.165, 1.54) is 0 Å². The summed E-state index contributed by atoms with van der Waals surface area (Å²) >= 11 is 0.912. The molecule has 0 radical (unpaired) electrons. The van der Waals surface area contributed by atoms with E-state index in [1.54, 1.807) is 7.11 Å². The first-order valence-electron chi connectivity index (χ1n) is 7.51. The zero-order chi connectivity index (χ0) is 17.5. The molecule has 8 heteroatoms. The number of amides is 2. The highest BCUT2D eigenvalue weighted by Gasteiger charge is 2.21. The second-order valence-electron chi connectivity index (χ2n) is 5.02. The van der Waals surface area contributed by atoms with Crippen LogP contribution in [0.15, 0.2) is 24.3 Å². The third-order valence-corrected chi connectivity index (χ3v) is 4.18. The number of anilines is 1. The number of rotatable bonds is 7. The first-order chi connectivity index (χ1) is 11.6. The number of methoxy groups -OCH3 is 1. The molecule has 0 aliphatic carbocycles. The van der Waals surface area contributed by atoms with Crippen LogP contribution in [-0.4, -0.2) is 29.8 Å². The summed E-state index contributed by atoms with van der Waals surface area (Å²) < 4.78 is 9.24. The molecule has 2 aromatic rings. The average Bonchev–Trinajstić information content (AvgIpc) is 2.99. The zero-order valence-electron chi connectivity index (χ0n) is 13.6. The lowest BCUT2D eigenvalue weighted by molar-refractivity contribution is 0.0949. The Kier molecular flexibility index (Phi) is 6.14. The van der Waals surface area contributed by atoms with Crippen molar-refractivity contribution in [1.29, 1.82) is 0 Å². The molecule has 2 amide bonds. The van der Waals surface area contributed by atoms with Gasteiger partial charge in [0, 0.05) is 18.7 Å². The van der Waals surface area contributed by atoms with Gasteiger partial charge in [0.05, 0.1) is 12.8 Å². The first kappa shape index (κ1) is 17.7. The van der Waals surface area contributed by atoms with E-state index < -0.39 is 0 Å². The number of hydrogen-bond acceptors (Lipinski definition) is 6. The Hall–Kier alpha value is -2.61. The number of nitrogens with zero attached hydrogens (tertiary/aromatic N) is 1. The van der Waals surface area contributed by atoms with Crippen molar-refractivity contribution in [2.24, 2.45) is 0 Å². The van der Waals surface area contributed by atoms with Crippen molar-refractivity contribution in [1.82, 2.24) is 15.0 Å².